The summed E-state index contributed by atoms with van der Waals surface area (Å²) in [7, 11) is 0. The molecule has 0 saturated carbocycles. The summed E-state index contributed by atoms with van der Waals surface area (Å²) in [6.45, 7) is 4.37. The van der Waals surface area contributed by atoms with Crippen molar-refractivity contribution in [1.29, 1.82) is 0 Å². The topological polar surface area (TPSA) is 53.0 Å². The highest BCUT2D eigenvalue weighted by Crippen LogP contribution is 2.23. The zero-order valence-electron chi connectivity index (χ0n) is 13.7. The van der Waals surface area contributed by atoms with Gasteiger partial charge in [0.25, 0.3) is 0 Å². The van der Waals surface area contributed by atoms with Crippen LogP contribution in [0.3, 0.4) is 0 Å². The van der Waals surface area contributed by atoms with E-state index in [4.69, 9.17) is 4.74 Å². The van der Waals surface area contributed by atoms with Crippen LogP contribution in [0.1, 0.15) is 12.0 Å². The summed E-state index contributed by atoms with van der Waals surface area (Å²) < 4.78 is 18.9. The molecule has 0 aromatic heterocycles. The van der Waals surface area contributed by atoms with Crippen molar-refractivity contribution in [2.75, 3.05) is 45.9 Å². The highest BCUT2D eigenvalue weighted by Gasteiger charge is 2.39. The van der Waals surface area contributed by atoms with E-state index >= 15 is 0 Å². The first-order valence-electron chi connectivity index (χ1n) is 8.30. The molecule has 2 aliphatic heterocycles. The molecule has 0 spiro atoms. The van der Waals surface area contributed by atoms with E-state index in [0.29, 0.717) is 44.8 Å². The lowest BCUT2D eigenvalue weighted by molar-refractivity contribution is -0.126. The van der Waals surface area contributed by atoms with Crippen LogP contribution >= 0.6 is 0 Å². The number of morpholine rings is 1. The fourth-order valence-corrected chi connectivity index (χ4v) is 3.23. The summed E-state index contributed by atoms with van der Waals surface area (Å²) >= 11 is 0. The van der Waals surface area contributed by atoms with Gasteiger partial charge in [0.05, 0.1) is 25.4 Å². The molecule has 1 aromatic carbocycles. The molecular formula is C18H23FN2O3. The summed E-state index contributed by atoms with van der Waals surface area (Å²) in [6.07, 6.45) is 3.42. The Kier molecular flexibility index (Phi) is 5.28. The van der Waals surface area contributed by atoms with Gasteiger partial charge in [0.15, 0.2) is 0 Å². The summed E-state index contributed by atoms with van der Waals surface area (Å²) in [5, 5.41) is 10.7. The van der Waals surface area contributed by atoms with Gasteiger partial charge in [0.1, 0.15) is 5.82 Å². The van der Waals surface area contributed by atoms with Crippen molar-refractivity contribution in [2.45, 2.75) is 12.0 Å². The van der Waals surface area contributed by atoms with Gasteiger partial charge in [-0.1, -0.05) is 18.2 Å². The first-order valence-corrected chi connectivity index (χ1v) is 8.30. The molecule has 6 heteroatoms. The van der Waals surface area contributed by atoms with Gasteiger partial charge < -0.3 is 14.7 Å². The van der Waals surface area contributed by atoms with Crippen LogP contribution in [0.2, 0.25) is 0 Å². The van der Waals surface area contributed by atoms with Crippen molar-refractivity contribution in [1.82, 2.24) is 9.80 Å². The molecule has 2 saturated heterocycles. The van der Waals surface area contributed by atoms with Gasteiger partial charge in [-0.05, 0) is 18.6 Å². The first-order chi connectivity index (χ1) is 11.6. The molecule has 2 aliphatic rings. The molecule has 2 fully saturated rings. The molecule has 1 atom stereocenters. The SMILES string of the molecule is O=C(/C=C/c1ccccc1F)N1CCC(O)(CN2CCOCC2)C1. The zero-order chi connectivity index (χ0) is 17.0. The van der Waals surface area contributed by atoms with Crippen molar-refractivity contribution in [2.24, 2.45) is 0 Å². The molecule has 130 valence electrons. The monoisotopic (exact) mass is 334 g/mol. The Morgan fingerprint density at radius 1 is 1.29 bits per heavy atom. The Hall–Kier alpha value is -1.76. The maximum Gasteiger partial charge on any atom is 0.246 e. The third-order valence-corrected chi connectivity index (χ3v) is 4.58. The number of β-amino-alcohol motifs (C(OH)–C–C–N with tert-alkyl or cyclic N) is 1. The second-order valence-electron chi connectivity index (χ2n) is 6.48. The van der Waals surface area contributed by atoms with E-state index in [1.54, 1.807) is 23.1 Å². The molecule has 1 unspecified atom stereocenters. The number of rotatable bonds is 4. The highest BCUT2D eigenvalue weighted by molar-refractivity contribution is 5.92. The maximum absolute atomic E-state index is 13.6. The summed E-state index contributed by atoms with van der Waals surface area (Å²) in [6, 6.07) is 6.32. The van der Waals surface area contributed by atoms with Gasteiger partial charge in [-0.25, -0.2) is 4.39 Å². The number of aliphatic hydroxyl groups is 1. The molecular weight excluding hydrogens is 311 g/mol. The van der Waals surface area contributed by atoms with Crippen molar-refractivity contribution >= 4 is 12.0 Å². The molecule has 0 radical (unpaired) electrons. The van der Waals surface area contributed by atoms with Gasteiger partial charge in [-0.2, -0.15) is 0 Å². The molecule has 1 amide bonds. The lowest BCUT2D eigenvalue weighted by Gasteiger charge is -2.33. The quantitative estimate of drug-likeness (QED) is 0.839. The van der Waals surface area contributed by atoms with Crippen LogP contribution in [0.25, 0.3) is 6.08 Å². The Bertz CT molecular complexity index is 616. The smallest absolute Gasteiger partial charge is 0.246 e. The minimum absolute atomic E-state index is 0.198. The maximum atomic E-state index is 13.6. The Balaban J connectivity index is 1.56. The number of halogens is 1. The second kappa shape index (κ2) is 7.42. The summed E-state index contributed by atoms with van der Waals surface area (Å²) in [4.78, 5) is 16.1. The molecule has 1 N–H and O–H groups in total. The standard InChI is InChI=1S/C18H23FN2O3/c19-16-4-2-1-3-15(16)5-6-17(22)21-8-7-18(23,14-21)13-20-9-11-24-12-10-20/h1-6,23H,7-14H2/b6-5+. The molecule has 3 rings (SSSR count). The van der Waals surface area contributed by atoms with Crippen molar-refractivity contribution in [3.63, 3.8) is 0 Å². The minimum Gasteiger partial charge on any atom is -0.387 e. The van der Waals surface area contributed by atoms with Crippen LogP contribution in [-0.4, -0.2) is 72.4 Å². The fraction of sp³-hybridized carbons (Fsp3) is 0.500. The predicted octanol–water partition coefficient (Wildman–Crippen LogP) is 1.13. The number of nitrogens with zero attached hydrogens (tertiary/aromatic N) is 2. The van der Waals surface area contributed by atoms with Gasteiger partial charge in [0.2, 0.25) is 5.91 Å². The third kappa shape index (κ3) is 4.20. The molecule has 0 aliphatic carbocycles. The van der Waals surface area contributed by atoms with E-state index in [-0.39, 0.29) is 11.7 Å². The molecule has 1 aromatic rings. The number of likely N-dealkylation sites (tertiary alicyclic amines) is 1. The summed E-state index contributed by atoms with van der Waals surface area (Å²) in [5.41, 5.74) is -0.493. The van der Waals surface area contributed by atoms with Crippen LogP contribution in [0.15, 0.2) is 30.3 Å². The number of ether oxygens (including phenoxy) is 1. The van der Waals surface area contributed by atoms with Crippen LogP contribution in [0.4, 0.5) is 4.39 Å². The second-order valence-corrected chi connectivity index (χ2v) is 6.48. The predicted molar refractivity (Wildman–Crippen MR) is 88.8 cm³/mol. The molecule has 2 heterocycles. The van der Waals surface area contributed by atoms with E-state index < -0.39 is 5.60 Å². The lowest BCUT2D eigenvalue weighted by atomic mass is 10.0. The number of carbonyl (C=O) groups excluding carboxylic acids is 1. The number of carbonyl (C=O) groups is 1. The van der Waals surface area contributed by atoms with Crippen molar-refractivity contribution < 1.29 is 19.0 Å². The average molecular weight is 334 g/mol. The Labute approximate surface area is 141 Å². The molecule has 5 nitrogen and oxygen atoms in total. The number of hydrogen-bond acceptors (Lipinski definition) is 4. The van der Waals surface area contributed by atoms with E-state index in [0.717, 1.165) is 13.1 Å². The van der Waals surface area contributed by atoms with E-state index in [1.807, 2.05) is 0 Å². The molecule has 24 heavy (non-hydrogen) atoms. The minimum atomic E-state index is -0.876. The van der Waals surface area contributed by atoms with Gasteiger partial charge in [0, 0.05) is 37.8 Å². The number of benzene rings is 1. The lowest BCUT2D eigenvalue weighted by Crippen LogP contribution is -2.49. The van der Waals surface area contributed by atoms with Crippen LogP contribution in [0, 0.1) is 5.82 Å². The van der Waals surface area contributed by atoms with E-state index in [2.05, 4.69) is 4.90 Å². The summed E-state index contributed by atoms with van der Waals surface area (Å²) in [5.74, 6) is -0.553. The average Bonchev–Trinajstić information content (AvgIpc) is 2.97. The van der Waals surface area contributed by atoms with Gasteiger partial charge >= 0.3 is 0 Å². The zero-order valence-corrected chi connectivity index (χ0v) is 13.7. The van der Waals surface area contributed by atoms with E-state index in [9.17, 15) is 14.3 Å². The largest absolute Gasteiger partial charge is 0.387 e. The van der Waals surface area contributed by atoms with Gasteiger partial charge in [-0.15, -0.1) is 0 Å². The third-order valence-electron chi connectivity index (χ3n) is 4.58. The van der Waals surface area contributed by atoms with Crippen molar-refractivity contribution in [3.8, 4) is 0 Å². The fourth-order valence-electron chi connectivity index (χ4n) is 3.23. The Morgan fingerprint density at radius 2 is 2.04 bits per heavy atom. The Morgan fingerprint density at radius 3 is 2.79 bits per heavy atom. The molecule has 0 bridgehead atoms. The number of hydrogen-bond donors (Lipinski definition) is 1. The first kappa shape index (κ1) is 17.1. The van der Waals surface area contributed by atoms with Crippen LogP contribution in [0.5, 0.6) is 0 Å². The van der Waals surface area contributed by atoms with Crippen LogP contribution in [-0.2, 0) is 9.53 Å². The normalized spacial score (nSPS) is 25.5. The number of amides is 1. The van der Waals surface area contributed by atoms with E-state index in [1.165, 1.54) is 18.2 Å². The highest BCUT2D eigenvalue weighted by atomic mass is 19.1. The van der Waals surface area contributed by atoms with Crippen molar-refractivity contribution in [3.05, 3.63) is 41.7 Å². The van der Waals surface area contributed by atoms with Gasteiger partial charge in [-0.3, -0.25) is 9.69 Å². The van der Waals surface area contributed by atoms with Crippen LogP contribution < -0.4 is 0 Å².